The Hall–Kier alpha value is -2.04. The van der Waals surface area contributed by atoms with Crippen LogP contribution in [-0.2, 0) is 0 Å². The van der Waals surface area contributed by atoms with Crippen molar-refractivity contribution in [2.24, 2.45) is 0 Å². The van der Waals surface area contributed by atoms with Crippen LogP contribution in [0.5, 0.6) is 0 Å². The molecule has 0 radical (unpaired) electrons. The molecule has 0 amide bonds. The highest BCUT2D eigenvalue weighted by atomic mass is 32.2. The van der Waals surface area contributed by atoms with Gasteiger partial charge in [0.15, 0.2) is 0 Å². The number of rotatable bonds is 3. The lowest BCUT2D eigenvalue weighted by molar-refractivity contribution is 0.112. The second-order valence-electron chi connectivity index (χ2n) is 5.39. The highest BCUT2D eigenvalue weighted by molar-refractivity contribution is 7.99. The zero-order valence-corrected chi connectivity index (χ0v) is 14.3. The molecule has 0 aliphatic carbocycles. The van der Waals surface area contributed by atoms with E-state index < -0.39 is 0 Å². The van der Waals surface area contributed by atoms with Crippen LogP contribution >= 0.6 is 23.1 Å². The molecule has 2 aromatic carbocycles. The first-order valence-corrected chi connectivity index (χ1v) is 9.27. The van der Waals surface area contributed by atoms with Gasteiger partial charge in [-0.25, -0.2) is 0 Å². The SMILES string of the molecule is CCN1c2ccc(C=O)cc2Sc2cc(-c3ccsc3)ccc21. The van der Waals surface area contributed by atoms with Gasteiger partial charge in [0, 0.05) is 21.9 Å². The highest BCUT2D eigenvalue weighted by Crippen LogP contribution is 2.49. The van der Waals surface area contributed by atoms with E-state index in [4.69, 9.17) is 0 Å². The second-order valence-corrected chi connectivity index (χ2v) is 7.25. The number of hydrogen-bond acceptors (Lipinski definition) is 4. The molecule has 1 aromatic heterocycles. The molecule has 3 aromatic rings. The van der Waals surface area contributed by atoms with Crippen molar-refractivity contribution >= 4 is 40.8 Å². The molecule has 1 aliphatic rings. The summed E-state index contributed by atoms with van der Waals surface area (Å²) < 4.78 is 0. The average Bonchev–Trinajstić information content (AvgIpc) is 3.13. The van der Waals surface area contributed by atoms with E-state index in [-0.39, 0.29) is 0 Å². The predicted octanol–water partition coefficient (Wildman–Crippen LogP) is 5.85. The zero-order valence-electron chi connectivity index (χ0n) is 12.7. The number of nitrogens with zero attached hydrogens (tertiary/aromatic N) is 1. The molecule has 0 spiro atoms. The second kappa shape index (κ2) is 5.87. The van der Waals surface area contributed by atoms with Gasteiger partial charge >= 0.3 is 0 Å². The minimum Gasteiger partial charge on any atom is -0.340 e. The summed E-state index contributed by atoms with van der Waals surface area (Å²) in [6, 6.07) is 14.7. The van der Waals surface area contributed by atoms with E-state index in [1.807, 2.05) is 18.2 Å². The van der Waals surface area contributed by atoms with Crippen LogP contribution in [0.1, 0.15) is 17.3 Å². The molecule has 4 heteroatoms. The van der Waals surface area contributed by atoms with E-state index >= 15 is 0 Å². The van der Waals surface area contributed by atoms with Crippen molar-refractivity contribution in [3.63, 3.8) is 0 Å². The van der Waals surface area contributed by atoms with Gasteiger partial charge in [0.05, 0.1) is 11.4 Å². The summed E-state index contributed by atoms with van der Waals surface area (Å²) in [5, 5.41) is 4.27. The fourth-order valence-electron chi connectivity index (χ4n) is 2.92. The fourth-order valence-corrected chi connectivity index (χ4v) is 4.77. The lowest BCUT2D eigenvalue weighted by Gasteiger charge is -2.32. The standard InChI is InChI=1S/C19H15NOS2/c1-2-20-16-5-3-13(11-21)9-18(16)23-19-10-14(4-6-17(19)20)15-7-8-22-12-15/h3-12H,2H2,1H3. The van der Waals surface area contributed by atoms with Crippen molar-refractivity contribution in [3.05, 3.63) is 58.8 Å². The zero-order chi connectivity index (χ0) is 15.8. The Morgan fingerprint density at radius 3 is 2.48 bits per heavy atom. The molecular formula is C19H15NOS2. The van der Waals surface area contributed by atoms with Gasteiger partial charge in [0.2, 0.25) is 0 Å². The first-order chi connectivity index (χ1) is 11.3. The van der Waals surface area contributed by atoms with Gasteiger partial charge in [-0.05, 0) is 65.2 Å². The van der Waals surface area contributed by atoms with E-state index in [2.05, 4.69) is 46.8 Å². The molecule has 0 bridgehead atoms. The molecule has 0 N–H and O–H groups in total. The Morgan fingerprint density at radius 1 is 1.00 bits per heavy atom. The third kappa shape index (κ3) is 2.48. The topological polar surface area (TPSA) is 20.3 Å². The van der Waals surface area contributed by atoms with Gasteiger partial charge in [-0.2, -0.15) is 11.3 Å². The summed E-state index contributed by atoms with van der Waals surface area (Å²) in [5.74, 6) is 0. The van der Waals surface area contributed by atoms with Crippen LogP contribution in [0.4, 0.5) is 11.4 Å². The van der Waals surface area contributed by atoms with Gasteiger partial charge in [-0.3, -0.25) is 4.79 Å². The Labute approximate surface area is 143 Å². The van der Waals surface area contributed by atoms with E-state index in [0.717, 1.165) is 23.3 Å². The number of aldehydes is 1. The lowest BCUT2D eigenvalue weighted by Crippen LogP contribution is -2.20. The van der Waals surface area contributed by atoms with Gasteiger partial charge < -0.3 is 4.90 Å². The molecule has 0 saturated heterocycles. The Bertz CT molecular complexity index is 871. The molecular weight excluding hydrogens is 322 g/mol. The number of anilines is 2. The van der Waals surface area contributed by atoms with Crippen molar-refractivity contribution in [2.45, 2.75) is 16.7 Å². The number of hydrogen-bond donors (Lipinski definition) is 0. The van der Waals surface area contributed by atoms with Crippen molar-refractivity contribution in [2.75, 3.05) is 11.4 Å². The Balaban J connectivity index is 1.83. The maximum Gasteiger partial charge on any atom is 0.150 e. The van der Waals surface area contributed by atoms with E-state index in [1.54, 1.807) is 23.1 Å². The van der Waals surface area contributed by atoms with Crippen molar-refractivity contribution in [3.8, 4) is 11.1 Å². The quantitative estimate of drug-likeness (QED) is 0.559. The number of benzene rings is 2. The summed E-state index contributed by atoms with van der Waals surface area (Å²) in [5.41, 5.74) is 5.64. The first kappa shape index (κ1) is 14.5. The van der Waals surface area contributed by atoms with Crippen LogP contribution in [0, 0.1) is 0 Å². The molecule has 1 aliphatic heterocycles. The van der Waals surface area contributed by atoms with Crippen LogP contribution in [0.15, 0.2) is 63.0 Å². The van der Waals surface area contributed by atoms with Crippen LogP contribution in [0.3, 0.4) is 0 Å². The summed E-state index contributed by atoms with van der Waals surface area (Å²) >= 11 is 3.46. The van der Waals surface area contributed by atoms with Crippen LogP contribution in [-0.4, -0.2) is 12.8 Å². The summed E-state index contributed by atoms with van der Waals surface area (Å²) in [4.78, 5) is 15.8. The molecule has 4 rings (SSSR count). The minimum absolute atomic E-state index is 0.727. The van der Waals surface area contributed by atoms with Crippen LogP contribution < -0.4 is 4.90 Å². The van der Waals surface area contributed by atoms with Crippen molar-refractivity contribution in [1.82, 2.24) is 0 Å². The number of thiophene rings is 1. The van der Waals surface area contributed by atoms with E-state index in [0.29, 0.717) is 0 Å². The fraction of sp³-hybridized carbons (Fsp3) is 0.105. The normalized spacial score (nSPS) is 12.7. The van der Waals surface area contributed by atoms with Crippen molar-refractivity contribution < 1.29 is 4.79 Å². The van der Waals surface area contributed by atoms with Crippen LogP contribution in [0.2, 0.25) is 0 Å². The largest absolute Gasteiger partial charge is 0.340 e. The third-order valence-corrected chi connectivity index (χ3v) is 5.83. The number of carbonyl (C=O) groups is 1. The van der Waals surface area contributed by atoms with Gasteiger partial charge in [-0.1, -0.05) is 17.8 Å². The number of fused-ring (bicyclic) bond motifs is 2. The Kier molecular flexibility index (Phi) is 3.71. The lowest BCUT2D eigenvalue weighted by atomic mass is 10.1. The molecule has 23 heavy (non-hydrogen) atoms. The van der Waals surface area contributed by atoms with E-state index in [1.165, 1.54) is 27.4 Å². The monoisotopic (exact) mass is 337 g/mol. The summed E-state index contributed by atoms with van der Waals surface area (Å²) in [6.45, 7) is 3.06. The maximum atomic E-state index is 11.1. The molecule has 0 unspecified atom stereocenters. The summed E-state index contributed by atoms with van der Waals surface area (Å²) in [7, 11) is 0. The molecule has 2 heterocycles. The highest BCUT2D eigenvalue weighted by Gasteiger charge is 2.23. The molecule has 0 atom stereocenters. The first-order valence-electron chi connectivity index (χ1n) is 7.51. The maximum absolute atomic E-state index is 11.1. The number of carbonyl (C=O) groups excluding carboxylic acids is 1. The molecule has 2 nitrogen and oxygen atoms in total. The van der Waals surface area contributed by atoms with Gasteiger partial charge in [0.1, 0.15) is 6.29 Å². The molecule has 0 saturated carbocycles. The Morgan fingerprint density at radius 2 is 1.78 bits per heavy atom. The molecule has 114 valence electrons. The van der Waals surface area contributed by atoms with Gasteiger partial charge in [-0.15, -0.1) is 0 Å². The smallest absolute Gasteiger partial charge is 0.150 e. The average molecular weight is 337 g/mol. The third-order valence-electron chi connectivity index (χ3n) is 4.05. The van der Waals surface area contributed by atoms with E-state index in [9.17, 15) is 4.79 Å². The predicted molar refractivity (Wildman–Crippen MR) is 98.4 cm³/mol. The van der Waals surface area contributed by atoms with Crippen molar-refractivity contribution in [1.29, 1.82) is 0 Å². The minimum atomic E-state index is 0.727. The van der Waals surface area contributed by atoms with Gasteiger partial charge in [0.25, 0.3) is 0 Å². The van der Waals surface area contributed by atoms with Crippen LogP contribution in [0.25, 0.3) is 11.1 Å². The molecule has 0 fully saturated rings. The summed E-state index contributed by atoms with van der Waals surface area (Å²) in [6.07, 6.45) is 0.911.